The Morgan fingerprint density at radius 3 is 2.76 bits per heavy atom. The van der Waals surface area contributed by atoms with Crippen LogP contribution in [0.1, 0.15) is 37.2 Å². The van der Waals surface area contributed by atoms with Gasteiger partial charge in [0, 0.05) is 50.3 Å². The van der Waals surface area contributed by atoms with Crippen molar-refractivity contribution in [2.75, 3.05) is 52.5 Å². The Labute approximate surface area is 218 Å². The van der Waals surface area contributed by atoms with Crippen molar-refractivity contribution in [3.05, 3.63) is 54.1 Å². The molecule has 3 N–H and O–H groups in total. The number of allylic oxidation sites excluding steroid dienone is 1. The number of aliphatic hydroxyl groups excluding tert-OH is 2. The Kier molecular flexibility index (Phi) is 9.74. The van der Waals surface area contributed by atoms with Gasteiger partial charge < -0.3 is 29.9 Å². The number of morpholine rings is 1. The summed E-state index contributed by atoms with van der Waals surface area (Å²) in [5, 5.41) is 23.6. The number of nitrogens with zero attached hydrogens (tertiary/aromatic N) is 2. The molecule has 37 heavy (non-hydrogen) atoms. The second-order valence-corrected chi connectivity index (χ2v) is 9.76. The number of nitrogens with one attached hydrogen (secondary N) is 1. The molecule has 9 nitrogen and oxygen atoms in total. The van der Waals surface area contributed by atoms with Gasteiger partial charge in [0.25, 0.3) is 0 Å². The van der Waals surface area contributed by atoms with E-state index in [0.29, 0.717) is 44.0 Å². The molecule has 202 valence electrons. The number of hydrogen-bond donors (Lipinski definition) is 3. The molecular formula is C28H39N3O6. The third-order valence-electron chi connectivity index (χ3n) is 7.37. The Hall–Kier alpha value is -2.72. The number of hydrogen-bond acceptors (Lipinski definition) is 7. The van der Waals surface area contributed by atoms with Crippen LogP contribution in [-0.2, 0) is 14.3 Å². The van der Waals surface area contributed by atoms with Gasteiger partial charge in [-0.25, -0.2) is 0 Å². The molecule has 4 unspecified atom stereocenters. The summed E-state index contributed by atoms with van der Waals surface area (Å²) in [4.78, 5) is 30.7. The summed E-state index contributed by atoms with van der Waals surface area (Å²) in [6, 6.07) is 6.77. The molecule has 2 amide bonds. The Balaban J connectivity index is 1.62. The molecule has 0 aromatic heterocycles. The predicted octanol–water partition coefficient (Wildman–Crippen LogP) is 1.22. The maximum Gasteiger partial charge on any atom is 0.247 e. The van der Waals surface area contributed by atoms with Crippen LogP contribution in [0.25, 0.3) is 0 Å². The highest BCUT2D eigenvalue weighted by atomic mass is 16.5. The van der Waals surface area contributed by atoms with Gasteiger partial charge in [-0.15, -0.1) is 6.58 Å². The first-order valence-electron chi connectivity index (χ1n) is 13.3. The number of ether oxygens (including phenoxy) is 2. The highest BCUT2D eigenvalue weighted by Crippen LogP contribution is 2.47. The lowest BCUT2D eigenvalue weighted by Crippen LogP contribution is -2.57. The lowest BCUT2D eigenvalue weighted by Gasteiger charge is -2.41. The topological polar surface area (TPSA) is 112 Å². The number of carbonyl (C=O) groups is 2. The summed E-state index contributed by atoms with van der Waals surface area (Å²) in [7, 11) is 0. The van der Waals surface area contributed by atoms with Crippen LogP contribution in [0.5, 0.6) is 5.75 Å². The van der Waals surface area contributed by atoms with Gasteiger partial charge in [-0.05, 0) is 31.4 Å². The second kappa shape index (κ2) is 13.2. The Bertz CT molecular complexity index is 976. The zero-order chi connectivity index (χ0) is 26.2. The van der Waals surface area contributed by atoms with Crippen LogP contribution in [0.4, 0.5) is 0 Å². The summed E-state index contributed by atoms with van der Waals surface area (Å²) in [5.74, 6) is -0.201. The van der Waals surface area contributed by atoms with Gasteiger partial charge in [0.05, 0.1) is 31.8 Å². The van der Waals surface area contributed by atoms with Crippen LogP contribution in [0.3, 0.4) is 0 Å². The second-order valence-electron chi connectivity index (χ2n) is 9.76. The molecule has 0 radical (unpaired) electrons. The average Bonchev–Trinajstić information content (AvgIpc) is 3.32. The van der Waals surface area contributed by atoms with E-state index in [1.54, 1.807) is 11.0 Å². The smallest absolute Gasteiger partial charge is 0.247 e. The lowest BCUT2D eigenvalue weighted by atomic mass is 9.77. The van der Waals surface area contributed by atoms with Crippen LogP contribution in [0.15, 0.2) is 48.6 Å². The zero-order valence-electron chi connectivity index (χ0n) is 21.4. The monoisotopic (exact) mass is 513 g/mol. The summed E-state index contributed by atoms with van der Waals surface area (Å²) in [6.07, 6.45) is 4.69. The molecule has 2 heterocycles. The van der Waals surface area contributed by atoms with Gasteiger partial charge in [-0.2, -0.15) is 0 Å². The number of benzene rings is 1. The number of carbonyl (C=O) groups excluding carboxylic acids is 2. The van der Waals surface area contributed by atoms with E-state index in [1.165, 1.54) is 0 Å². The SMILES string of the molecule is C=CCCCCC(=O)N(CCN1CCOCC1)C1C=C(C(=O)NCCO)C2c3ccccc3OC2C1O. The minimum Gasteiger partial charge on any atom is -0.486 e. The van der Waals surface area contributed by atoms with Crippen LogP contribution >= 0.6 is 0 Å². The number of aliphatic hydroxyl groups is 2. The van der Waals surface area contributed by atoms with Crippen molar-refractivity contribution in [1.82, 2.24) is 15.1 Å². The first-order valence-corrected chi connectivity index (χ1v) is 13.3. The molecule has 1 saturated heterocycles. The molecule has 1 aromatic rings. The van der Waals surface area contributed by atoms with Crippen molar-refractivity contribution in [3.8, 4) is 5.75 Å². The van der Waals surface area contributed by atoms with E-state index in [9.17, 15) is 19.8 Å². The zero-order valence-corrected chi connectivity index (χ0v) is 21.4. The van der Waals surface area contributed by atoms with E-state index >= 15 is 0 Å². The van der Waals surface area contributed by atoms with Crippen LogP contribution in [0.2, 0.25) is 0 Å². The minimum absolute atomic E-state index is 0.0540. The van der Waals surface area contributed by atoms with E-state index < -0.39 is 24.2 Å². The van der Waals surface area contributed by atoms with Gasteiger partial charge >= 0.3 is 0 Å². The average molecular weight is 514 g/mol. The number of para-hydroxylation sites is 1. The summed E-state index contributed by atoms with van der Waals surface area (Å²) < 4.78 is 11.6. The van der Waals surface area contributed by atoms with Crippen LogP contribution < -0.4 is 10.1 Å². The Morgan fingerprint density at radius 1 is 1.22 bits per heavy atom. The number of amides is 2. The van der Waals surface area contributed by atoms with Crippen molar-refractivity contribution in [2.45, 2.75) is 49.9 Å². The lowest BCUT2D eigenvalue weighted by molar-refractivity contribution is -0.137. The van der Waals surface area contributed by atoms with Gasteiger partial charge in [0.2, 0.25) is 11.8 Å². The van der Waals surface area contributed by atoms with Crippen molar-refractivity contribution >= 4 is 11.8 Å². The molecule has 0 saturated carbocycles. The maximum atomic E-state index is 13.5. The molecule has 9 heteroatoms. The third kappa shape index (κ3) is 6.41. The molecular weight excluding hydrogens is 474 g/mol. The normalized spacial score (nSPS) is 24.9. The predicted molar refractivity (Wildman–Crippen MR) is 139 cm³/mol. The van der Waals surface area contributed by atoms with E-state index in [-0.39, 0.29) is 25.0 Å². The molecule has 0 spiro atoms. The van der Waals surface area contributed by atoms with Crippen LogP contribution in [0, 0.1) is 0 Å². The third-order valence-corrected chi connectivity index (χ3v) is 7.37. The highest BCUT2D eigenvalue weighted by Gasteiger charge is 2.50. The van der Waals surface area contributed by atoms with E-state index in [2.05, 4.69) is 16.8 Å². The molecule has 1 fully saturated rings. The summed E-state index contributed by atoms with van der Waals surface area (Å²) in [5.41, 5.74) is 1.29. The molecule has 0 bridgehead atoms. The van der Waals surface area contributed by atoms with Gasteiger partial charge in [-0.3, -0.25) is 14.5 Å². The molecule has 4 rings (SSSR count). The van der Waals surface area contributed by atoms with E-state index in [4.69, 9.17) is 9.47 Å². The first-order chi connectivity index (χ1) is 18.0. The van der Waals surface area contributed by atoms with Crippen molar-refractivity contribution in [1.29, 1.82) is 0 Å². The fraction of sp³-hybridized carbons (Fsp3) is 0.571. The first kappa shape index (κ1) is 27.3. The standard InChI is InChI=1S/C28H39N3O6/c1-2-3-4-5-10-24(33)31(13-12-30-14-17-36-18-15-30)22-19-21(28(35)29-11-16-32)25-20-8-6-7-9-23(20)37-27(25)26(22)34/h2,6-9,19,22,25-27,32,34H,1,3-5,10-18H2,(H,29,35). The number of rotatable bonds is 12. The largest absolute Gasteiger partial charge is 0.486 e. The van der Waals surface area contributed by atoms with E-state index in [0.717, 1.165) is 37.9 Å². The molecule has 3 aliphatic rings. The van der Waals surface area contributed by atoms with Gasteiger partial charge in [-0.1, -0.05) is 24.3 Å². The number of unbranched alkanes of at least 4 members (excludes halogenated alkanes) is 2. The molecule has 1 aliphatic carbocycles. The van der Waals surface area contributed by atoms with Crippen LogP contribution in [-0.4, -0.2) is 103 Å². The van der Waals surface area contributed by atoms with Crippen molar-refractivity contribution in [3.63, 3.8) is 0 Å². The summed E-state index contributed by atoms with van der Waals surface area (Å²) in [6.45, 7) is 7.67. The quantitative estimate of drug-likeness (QED) is 0.285. The highest BCUT2D eigenvalue weighted by molar-refractivity contribution is 5.96. The maximum absolute atomic E-state index is 13.5. The Morgan fingerprint density at radius 2 is 2.00 bits per heavy atom. The van der Waals surface area contributed by atoms with Crippen molar-refractivity contribution in [2.24, 2.45) is 0 Å². The van der Waals surface area contributed by atoms with E-state index in [1.807, 2.05) is 30.3 Å². The summed E-state index contributed by atoms with van der Waals surface area (Å²) >= 11 is 0. The molecule has 2 aliphatic heterocycles. The molecule has 1 aromatic carbocycles. The van der Waals surface area contributed by atoms with Gasteiger partial charge in [0.15, 0.2) is 0 Å². The molecule has 4 atom stereocenters. The fourth-order valence-electron chi connectivity index (χ4n) is 5.41. The fourth-order valence-corrected chi connectivity index (χ4v) is 5.41. The number of fused-ring (bicyclic) bond motifs is 3. The minimum atomic E-state index is -1.01. The van der Waals surface area contributed by atoms with Gasteiger partial charge in [0.1, 0.15) is 18.0 Å². The van der Waals surface area contributed by atoms with Crippen molar-refractivity contribution < 1.29 is 29.3 Å².